The number of rotatable bonds is 4. The number of hydrogen-bond acceptors (Lipinski definition) is 4. The summed E-state index contributed by atoms with van der Waals surface area (Å²) in [6.45, 7) is 2.46. The number of methoxy groups -OCH3 is 2. The van der Waals surface area contributed by atoms with Crippen LogP contribution in [0.25, 0.3) is 10.9 Å². The van der Waals surface area contributed by atoms with Gasteiger partial charge in [0.25, 0.3) is 5.91 Å². The van der Waals surface area contributed by atoms with E-state index in [1.165, 1.54) is 10.9 Å². The van der Waals surface area contributed by atoms with Crippen molar-refractivity contribution in [3.8, 4) is 11.5 Å². The number of aryl methyl sites for hydroxylation is 1. The first-order chi connectivity index (χ1) is 15.6. The Morgan fingerprint density at radius 2 is 1.91 bits per heavy atom. The second-order valence-electron chi connectivity index (χ2n) is 7.93. The molecular weight excluding hydrogens is 402 g/mol. The second-order valence-corrected chi connectivity index (χ2v) is 7.93. The lowest BCUT2D eigenvalue weighted by molar-refractivity contribution is 0.0688. The highest BCUT2D eigenvalue weighted by molar-refractivity contribution is 5.96. The van der Waals surface area contributed by atoms with E-state index in [4.69, 9.17) is 9.47 Å². The van der Waals surface area contributed by atoms with Crippen molar-refractivity contribution >= 4 is 16.8 Å². The van der Waals surface area contributed by atoms with E-state index in [2.05, 4.69) is 22.1 Å². The Balaban J connectivity index is 1.73. The predicted molar refractivity (Wildman–Crippen MR) is 123 cm³/mol. The largest absolute Gasteiger partial charge is 0.493 e. The molecule has 1 aliphatic heterocycles. The molecule has 2 aromatic heterocycles. The molecule has 32 heavy (non-hydrogen) atoms. The Bertz CT molecular complexity index is 1310. The van der Waals surface area contributed by atoms with E-state index in [-0.39, 0.29) is 11.9 Å². The molecule has 4 aromatic rings. The van der Waals surface area contributed by atoms with Crippen molar-refractivity contribution in [1.29, 1.82) is 0 Å². The number of carbonyl (C=O) groups excluding carboxylic acids is 1. The fourth-order valence-electron chi connectivity index (χ4n) is 4.78. The number of fused-ring (bicyclic) bond motifs is 3. The van der Waals surface area contributed by atoms with Gasteiger partial charge in [0.15, 0.2) is 11.5 Å². The molecule has 6 nitrogen and oxygen atoms in total. The molecule has 0 saturated carbocycles. The zero-order valence-corrected chi connectivity index (χ0v) is 18.4. The van der Waals surface area contributed by atoms with E-state index in [0.717, 1.165) is 28.9 Å². The van der Waals surface area contributed by atoms with Crippen LogP contribution in [-0.4, -0.2) is 41.5 Å². The van der Waals surface area contributed by atoms with E-state index >= 15 is 0 Å². The van der Waals surface area contributed by atoms with Crippen molar-refractivity contribution in [2.24, 2.45) is 0 Å². The second kappa shape index (κ2) is 8.04. The standard InChI is InChI=1S/C26H25N3O3/c1-16-17(10-7-14-27-16)26(30)29-15-13-19-18-8-4-5-11-21(18)28-23(19)24(29)20-9-6-12-22(31-2)25(20)32-3/h4-12,14,24,28H,13,15H2,1-3H3/t24-/m0/s1. The number of aromatic amines is 1. The lowest BCUT2D eigenvalue weighted by Gasteiger charge is -2.37. The van der Waals surface area contributed by atoms with Gasteiger partial charge in [0, 0.05) is 40.6 Å². The van der Waals surface area contributed by atoms with Crippen LogP contribution in [0.15, 0.2) is 60.8 Å². The summed E-state index contributed by atoms with van der Waals surface area (Å²) in [4.78, 5) is 23.6. The van der Waals surface area contributed by atoms with Crippen LogP contribution in [0, 0.1) is 6.92 Å². The number of nitrogens with zero attached hydrogens (tertiary/aromatic N) is 2. The summed E-state index contributed by atoms with van der Waals surface area (Å²) >= 11 is 0. The molecule has 1 atom stereocenters. The third-order valence-electron chi connectivity index (χ3n) is 6.26. The Morgan fingerprint density at radius 3 is 2.69 bits per heavy atom. The topological polar surface area (TPSA) is 67.5 Å². The molecule has 0 radical (unpaired) electrons. The summed E-state index contributed by atoms with van der Waals surface area (Å²) in [7, 11) is 3.26. The van der Waals surface area contributed by atoms with Crippen LogP contribution in [0.2, 0.25) is 0 Å². The van der Waals surface area contributed by atoms with Gasteiger partial charge in [0.2, 0.25) is 0 Å². The van der Waals surface area contributed by atoms with Crippen LogP contribution in [-0.2, 0) is 6.42 Å². The number of amides is 1. The van der Waals surface area contributed by atoms with Crippen LogP contribution in [0.3, 0.4) is 0 Å². The average Bonchev–Trinajstić information content (AvgIpc) is 3.21. The summed E-state index contributed by atoms with van der Waals surface area (Å²) in [5.74, 6) is 1.22. The Kier molecular flexibility index (Phi) is 5.05. The molecule has 0 unspecified atom stereocenters. The monoisotopic (exact) mass is 427 g/mol. The first-order valence-electron chi connectivity index (χ1n) is 10.7. The number of carbonyl (C=O) groups is 1. The van der Waals surface area contributed by atoms with Crippen molar-refractivity contribution < 1.29 is 14.3 Å². The SMILES string of the molecule is COc1cccc([C@H]2c3[nH]c4ccccc4c3CCN2C(=O)c2cccnc2C)c1OC. The Labute approximate surface area is 186 Å². The van der Waals surface area contributed by atoms with Gasteiger partial charge in [-0.15, -0.1) is 0 Å². The van der Waals surface area contributed by atoms with Gasteiger partial charge in [-0.25, -0.2) is 0 Å². The van der Waals surface area contributed by atoms with Crippen LogP contribution in [0.1, 0.15) is 38.9 Å². The molecule has 162 valence electrons. The summed E-state index contributed by atoms with van der Waals surface area (Å²) < 4.78 is 11.3. The zero-order chi connectivity index (χ0) is 22.2. The molecular formula is C26H25N3O3. The number of pyridine rings is 1. The molecule has 0 fully saturated rings. The number of ether oxygens (including phenoxy) is 2. The Morgan fingerprint density at radius 1 is 1.06 bits per heavy atom. The van der Waals surface area contributed by atoms with Crippen molar-refractivity contribution in [3.63, 3.8) is 0 Å². The summed E-state index contributed by atoms with van der Waals surface area (Å²) in [6, 6.07) is 17.4. The molecule has 2 aromatic carbocycles. The number of benzene rings is 2. The lowest BCUT2D eigenvalue weighted by atomic mass is 9.91. The summed E-state index contributed by atoms with van der Waals surface area (Å²) in [5, 5.41) is 1.19. The van der Waals surface area contributed by atoms with Gasteiger partial charge in [-0.2, -0.15) is 0 Å². The van der Waals surface area contributed by atoms with Crippen LogP contribution in [0.4, 0.5) is 0 Å². The molecule has 0 bridgehead atoms. The number of nitrogens with one attached hydrogen (secondary N) is 1. The molecule has 0 spiro atoms. The van der Waals surface area contributed by atoms with Gasteiger partial charge in [-0.05, 0) is 43.2 Å². The van der Waals surface area contributed by atoms with Gasteiger partial charge in [-0.1, -0.05) is 30.3 Å². The summed E-state index contributed by atoms with van der Waals surface area (Å²) in [5.41, 5.74) is 5.53. The third-order valence-corrected chi connectivity index (χ3v) is 6.26. The van der Waals surface area contributed by atoms with Gasteiger partial charge in [0.05, 0.1) is 19.8 Å². The van der Waals surface area contributed by atoms with Gasteiger partial charge in [0.1, 0.15) is 6.04 Å². The molecule has 0 saturated heterocycles. The highest BCUT2D eigenvalue weighted by atomic mass is 16.5. The van der Waals surface area contributed by atoms with Crippen molar-refractivity contribution in [1.82, 2.24) is 14.9 Å². The molecule has 5 rings (SSSR count). The maximum absolute atomic E-state index is 13.8. The minimum absolute atomic E-state index is 0.0465. The van der Waals surface area contributed by atoms with Crippen LogP contribution >= 0.6 is 0 Å². The van der Waals surface area contributed by atoms with E-state index in [0.29, 0.717) is 23.6 Å². The smallest absolute Gasteiger partial charge is 0.256 e. The lowest BCUT2D eigenvalue weighted by Crippen LogP contribution is -2.41. The highest BCUT2D eigenvalue weighted by Crippen LogP contribution is 2.44. The maximum atomic E-state index is 13.8. The molecule has 0 aliphatic carbocycles. The minimum Gasteiger partial charge on any atom is -0.493 e. The molecule has 1 aliphatic rings. The number of para-hydroxylation sites is 2. The maximum Gasteiger partial charge on any atom is 0.256 e. The summed E-state index contributed by atoms with van der Waals surface area (Å²) in [6.07, 6.45) is 2.48. The molecule has 1 amide bonds. The van der Waals surface area contributed by atoms with Crippen molar-refractivity contribution in [2.45, 2.75) is 19.4 Å². The van der Waals surface area contributed by atoms with E-state index in [9.17, 15) is 4.79 Å². The van der Waals surface area contributed by atoms with Gasteiger partial charge < -0.3 is 19.4 Å². The third kappa shape index (κ3) is 3.11. The zero-order valence-electron chi connectivity index (χ0n) is 18.4. The molecule has 6 heteroatoms. The van der Waals surface area contributed by atoms with Crippen molar-refractivity contribution in [3.05, 3.63) is 88.9 Å². The first kappa shape index (κ1) is 20.1. The fourth-order valence-corrected chi connectivity index (χ4v) is 4.78. The Hall–Kier alpha value is -3.80. The predicted octanol–water partition coefficient (Wildman–Crippen LogP) is 4.68. The van der Waals surface area contributed by atoms with E-state index < -0.39 is 0 Å². The van der Waals surface area contributed by atoms with Gasteiger partial charge in [-0.3, -0.25) is 9.78 Å². The van der Waals surface area contributed by atoms with Crippen LogP contribution < -0.4 is 9.47 Å². The number of H-pyrrole nitrogens is 1. The van der Waals surface area contributed by atoms with Crippen molar-refractivity contribution in [2.75, 3.05) is 20.8 Å². The minimum atomic E-state index is -0.344. The fraction of sp³-hybridized carbons (Fsp3) is 0.231. The van der Waals surface area contributed by atoms with Gasteiger partial charge >= 0.3 is 0 Å². The number of hydrogen-bond donors (Lipinski definition) is 1. The average molecular weight is 428 g/mol. The number of aromatic nitrogens is 2. The highest BCUT2D eigenvalue weighted by Gasteiger charge is 2.37. The van der Waals surface area contributed by atoms with Crippen LogP contribution in [0.5, 0.6) is 11.5 Å². The first-order valence-corrected chi connectivity index (χ1v) is 10.7. The van der Waals surface area contributed by atoms with E-state index in [1.54, 1.807) is 26.5 Å². The quantitative estimate of drug-likeness (QED) is 0.514. The normalized spacial score (nSPS) is 15.5. The molecule has 3 heterocycles. The van der Waals surface area contributed by atoms with E-state index in [1.807, 2.05) is 48.2 Å². The molecule has 1 N–H and O–H groups in total.